The number of nitrogens with zero attached hydrogens (tertiary/aromatic N) is 5. The summed E-state index contributed by atoms with van der Waals surface area (Å²) in [5.74, 6) is 0.108. The Labute approximate surface area is 157 Å². The molecular formula is C19H23N5OS. The highest BCUT2D eigenvalue weighted by Crippen LogP contribution is 2.20. The van der Waals surface area contributed by atoms with Crippen molar-refractivity contribution in [2.24, 2.45) is 0 Å². The van der Waals surface area contributed by atoms with Crippen LogP contribution in [0.1, 0.15) is 29.4 Å². The van der Waals surface area contributed by atoms with E-state index < -0.39 is 0 Å². The SMILES string of the molecule is CCn1ccc(CN2CCCN(C(=O)c3ccc4scnc4c3)CC2)n1. The van der Waals surface area contributed by atoms with Crippen LogP contribution >= 0.6 is 11.3 Å². The van der Waals surface area contributed by atoms with E-state index in [1.54, 1.807) is 11.3 Å². The quantitative estimate of drug-likeness (QED) is 0.710. The summed E-state index contributed by atoms with van der Waals surface area (Å²) in [7, 11) is 0. The molecule has 0 saturated carbocycles. The molecule has 26 heavy (non-hydrogen) atoms. The van der Waals surface area contributed by atoms with Crippen LogP contribution in [0.5, 0.6) is 0 Å². The zero-order valence-electron chi connectivity index (χ0n) is 15.0. The van der Waals surface area contributed by atoms with Crippen LogP contribution in [0.2, 0.25) is 0 Å². The lowest BCUT2D eigenvalue weighted by Gasteiger charge is -2.21. The summed E-state index contributed by atoms with van der Waals surface area (Å²) < 4.78 is 3.08. The second-order valence-corrected chi connectivity index (χ2v) is 7.51. The molecule has 0 aliphatic carbocycles. The van der Waals surface area contributed by atoms with Gasteiger partial charge in [0.25, 0.3) is 5.91 Å². The Hall–Kier alpha value is -2.25. The first-order chi connectivity index (χ1) is 12.7. The predicted molar refractivity (Wildman–Crippen MR) is 103 cm³/mol. The number of amides is 1. The van der Waals surface area contributed by atoms with Gasteiger partial charge in [-0.2, -0.15) is 5.10 Å². The van der Waals surface area contributed by atoms with Crippen molar-refractivity contribution in [3.63, 3.8) is 0 Å². The second-order valence-electron chi connectivity index (χ2n) is 6.62. The second kappa shape index (κ2) is 7.55. The molecule has 1 fully saturated rings. The van der Waals surface area contributed by atoms with Gasteiger partial charge in [0.2, 0.25) is 0 Å². The van der Waals surface area contributed by atoms with Crippen molar-refractivity contribution < 1.29 is 4.79 Å². The van der Waals surface area contributed by atoms with Crippen molar-refractivity contribution in [3.8, 4) is 0 Å². The number of rotatable bonds is 4. The highest BCUT2D eigenvalue weighted by Gasteiger charge is 2.21. The van der Waals surface area contributed by atoms with Gasteiger partial charge in [-0.05, 0) is 37.6 Å². The molecule has 6 nitrogen and oxygen atoms in total. The van der Waals surface area contributed by atoms with E-state index in [1.807, 2.05) is 39.5 Å². The van der Waals surface area contributed by atoms with E-state index in [4.69, 9.17) is 0 Å². The topological polar surface area (TPSA) is 54.3 Å². The van der Waals surface area contributed by atoms with Crippen molar-refractivity contribution in [1.82, 2.24) is 24.6 Å². The molecule has 1 aliphatic rings. The number of hydrogen-bond donors (Lipinski definition) is 0. The highest BCUT2D eigenvalue weighted by molar-refractivity contribution is 7.16. The fourth-order valence-electron chi connectivity index (χ4n) is 3.40. The van der Waals surface area contributed by atoms with Gasteiger partial charge in [0.05, 0.1) is 21.4 Å². The first kappa shape index (κ1) is 17.2. The average Bonchev–Trinajstić information content (AvgIpc) is 3.25. The number of benzene rings is 1. The van der Waals surface area contributed by atoms with Crippen LogP contribution in [-0.4, -0.2) is 56.7 Å². The first-order valence-electron chi connectivity index (χ1n) is 9.10. The number of aromatic nitrogens is 3. The summed E-state index contributed by atoms with van der Waals surface area (Å²) in [6.45, 7) is 7.26. The van der Waals surface area contributed by atoms with Crippen LogP contribution in [0.4, 0.5) is 0 Å². The number of carbonyl (C=O) groups excluding carboxylic acids is 1. The normalized spacial score (nSPS) is 16.1. The number of thiazole rings is 1. The van der Waals surface area contributed by atoms with Gasteiger partial charge < -0.3 is 4.90 Å². The average molecular weight is 369 g/mol. The van der Waals surface area contributed by atoms with Crippen molar-refractivity contribution in [3.05, 3.63) is 47.2 Å². The molecule has 0 spiro atoms. The van der Waals surface area contributed by atoms with Gasteiger partial charge in [-0.1, -0.05) is 0 Å². The third-order valence-electron chi connectivity index (χ3n) is 4.86. The van der Waals surface area contributed by atoms with Gasteiger partial charge in [-0.3, -0.25) is 14.4 Å². The van der Waals surface area contributed by atoms with Gasteiger partial charge in [-0.15, -0.1) is 11.3 Å². The zero-order valence-corrected chi connectivity index (χ0v) is 15.8. The first-order valence-corrected chi connectivity index (χ1v) is 9.98. The third kappa shape index (κ3) is 3.64. The molecule has 0 bridgehead atoms. The van der Waals surface area contributed by atoms with Crippen LogP contribution in [0, 0.1) is 0 Å². The number of carbonyl (C=O) groups is 1. The molecule has 1 saturated heterocycles. The summed E-state index contributed by atoms with van der Waals surface area (Å²) >= 11 is 1.60. The maximum atomic E-state index is 12.9. The molecule has 0 radical (unpaired) electrons. The lowest BCUT2D eigenvalue weighted by molar-refractivity contribution is 0.0761. The minimum Gasteiger partial charge on any atom is -0.337 e. The molecule has 1 aromatic carbocycles. The molecule has 7 heteroatoms. The molecule has 0 atom stereocenters. The van der Waals surface area contributed by atoms with E-state index in [1.165, 1.54) is 0 Å². The van der Waals surface area contributed by atoms with Gasteiger partial charge >= 0.3 is 0 Å². The Balaban J connectivity index is 1.40. The Morgan fingerprint density at radius 2 is 2.12 bits per heavy atom. The summed E-state index contributed by atoms with van der Waals surface area (Å²) in [4.78, 5) is 21.6. The van der Waals surface area contributed by atoms with E-state index in [9.17, 15) is 4.79 Å². The van der Waals surface area contributed by atoms with Crippen molar-refractivity contribution >= 4 is 27.5 Å². The van der Waals surface area contributed by atoms with Crippen LogP contribution in [0.15, 0.2) is 36.0 Å². The fraction of sp³-hybridized carbons (Fsp3) is 0.421. The van der Waals surface area contributed by atoms with Crippen molar-refractivity contribution in [1.29, 1.82) is 0 Å². The molecular weight excluding hydrogens is 346 g/mol. The lowest BCUT2D eigenvalue weighted by atomic mass is 10.2. The largest absolute Gasteiger partial charge is 0.337 e. The van der Waals surface area contributed by atoms with Gasteiger partial charge in [0.1, 0.15) is 0 Å². The maximum absolute atomic E-state index is 12.9. The molecule has 0 N–H and O–H groups in total. The van der Waals surface area contributed by atoms with E-state index in [0.29, 0.717) is 0 Å². The monoisotopic (exact) mass is 369 g/mol. The fourth-order valence-corrected chi connectivity index (χ4v) is 4.06. The Kier molecular flexibility index (Phi) is 4.99. The zero-order chi connectivity index (χ0) is 17.9. The predicted octanol–water partition coefficient (Wildman–Crippen LogP) is 2.86. The van der Waals surface area contributed by atoms with Gasteiger partial charge in [-0.25, -0.2) is 4.98 Å². The summed E-state index contributed by atoms with van der Waals surface area (Å²) in [6, 6.07) is 7.91. The Morgan fingerprint density at radius 1 is 1.19 bits per heavy atom. The summed E-state index contributed by atoms with van der Waals surface area (Å²) in [5.41, 5.74) is 4.56. The molecule has 136 valence electrons. The number of aryl methyl sites for hydroxylation is 1. The van der Waals surface area contributed by atoms with Gasteiger partial charge in [0.15, 0.2) is 0 Å². The van der Waals surface area contributed by atoms with Crippen LogP contribution < -0.4 is 0 Å². The van der Waals surface area contributed by atoms with E-state index >= 15 is 0 Å². The minimum atomic E-state index is 0.108. The third-order valence-corrected chi connectivity index (χ3v) is 5.67. The van der Waals surface area contributed by atoms with Crippen LogP contribution in [0.25, 0.3) is 10.2 Å². The van der Waals surface area contributed by atoms with Crippen molar-refractivity contribution in [2.45, 2.75) is 26.4 Å². The van der Waals surface area contributed by atoms with E-state index in [2.05, 4.69) is 28.0 Å². The van der Waals surface area contributed by atoms with Crippen molar-refractivity contribution in [2.75, 3.05) is 26.2 Å². The highest BCUT2D eigenvalue weighted by atomic mass is 32.1. The summed E-state index contributed by atoms with van der Waals surface area (Å²) in [6.07, 6.45) is 3.01. The van der Waals surface area contributed by atoms with Crippen LogP contribution in [0.3, 0.4) is 0 Å². The Bertz CT molecular complexity index is 902. The molecule has 3 aromatic rings. The van der Waals surface area contributed by atoms with E-state index in [0.717, 1.165) is 67.2 Å². The van der Waals surface area contributed by atoms with Gasteiger partial charge in [0, 0.05) is 51.0 Å². The standard InChI is InChI=1S/C19H23N5OS/c1-2-24-9-6-16(21-24)13-22-7-3-8-23(11-10-22)19(25)15-4-5-18-17(12-15)20-14-26-18/h4-6,9,12,14H,2-3,7-8,10-11,13H2,1H3. The molecule has 0 unspecified atom stereocenters. The lowest BCUT2D eigenvalue weighted by Crippen LogP contribution is -2.35. The summed E-state index contributed by atoms with van der Waals surface area (Å²) in [5, 5.41) is 4.57. The number of hydrogen-bond acceptors (Lipinski definition) is 5. The molecule has 1 aliphatic heterocycles. The minimum absolute atomic E-state index is 0.108. The van der Waals surface area contributed by atoms with E-state index in [-0.39, 0.29) is 5.91 Å². The van der Waals surface area contributed by atoms with Crippen LogP contribution in [-0.2, 0) is 13.1 Å². The smallest absolute Gasteiger partial charge is 0.253 e. The Morgan fingerprint density at radius 3 is 2.96 bits per heavy atom. The molecule has 1 amide bonds. The number of fused-ring (bicyclic) bond motifs is 1. The maximum Gasteiger partial charge on any atom is 0.253 e. The molecule has 2 aromatic heterocycles. The molecule has 3 heterocycles. The molecule has 4 rings (SSSR count).